The predicted octanol–water partition coefficient (Wildman–Crippen LogP) is 4.01. The van der Waals surface area contributed by atoms with Gasteiger partial charge < -0.3 is 10.6 Å². The van der Waals surface area contributed by atoms with Crippen LogP contribution in [-0.2, 0) is 4.79 Å². The molecule has 1 aromatic carbocycles. The second-order valence-electron chi connectivity index (χ2n) is 7.63. The van der Waals surface area contributed by atoms with Crippen molar-refractivity contribution in [3.8, 4) is 0 Å². The lowest BCUT2D eigenvalue weighted by Crippen LogP contribution is -2.44. The Labute approximate surface area is 141 Å². The molecular formula is C20H32N2O. The monoisotopic (exact) mass is 316 g/mol. The molecule has 0 bridgehead atoms. The average molecular weight is 316 g/mol. The van der Waals surface area contributed by atoms with E-state index < -0.39 is 0 Å². The van der Waals surface area contributed by atoms with Crippen LogP contribution >= 0.6 is 0 Å². The molecule has 1 amide bonds. The first-order valence-corrected chi connectivity index (χ1v) is 9.02. The van der Waals surface area contributed by atoms with Gasteiger partial charge in [0.15, 0.2) is 0 Å². The van der Waals surface area contributed by atoms with Crippen molar-refractivity contribution in [2.45, 2.75) is 65.5 Å². The summed E-state index contributed by atoms with van der Waals surface area (Å²) in [6.07, 6.45) is 1.87. The first kappa shape index (κ1) is 18.0. The lowest BCUT2D eigenvalue weighted by molar-refractivity contribution is -0.127. The van der Waals surface area contributed by atoms with Gasteiger partial charge in [-0.25, -0.2) is 0 Å². The van der Waals surface area contributed by atoms with E-state index in [2.05, 4.69) is 69.5 Å². The molecule has 2 rings (SSSR count). The summed E-state index contributed by atoms with van der Waals surface area (Å²) in [6, 6.07) is 9.25. The number of nitrogens with one attached hydrogen (secondary N) is 2. The van der Waals surface area contributed by atoms with Gasteiger partial charge in [-0.15, -0.1) is 0 Å². The molecule has 0 spiro atoms. The van der Waals surface area contributed by atoms with E-state index in [-0.39, 0.29) is 17.9 Å². The molecule has 0 radical (unpaired) electrons. The Hall–Kier alpha value is -1.35. The molecule has 0 saturated carbocycles. The van der Waals surface area contributed by atoms with Crippen LogP contribution in [-0.4, -0.2) is 18.5 Å². The maximum Gasteiger partial charge on any atom is 0.223 e. The summed E-state index contributed by atoms with van der Waals surface area (Å²) in [7, 11) is 0. The minimum Gasteiger partial charge on any atom is -0.349 e. The van der Waals surface area contributed by atoms with Crippen LogP contribution in [0, 0.1) is 11.8 Å². The maximum atomic E-state index is 12.7. The van der Waals surface area contributed by atoms with Gasteiger partial charge in [0, 0.05) is 12.0 Å². The zero-order chi connectivity index (χ0) is 17.0. The fourth-order valence-electron chi connectivity index (χ4n) is 3.36. The molecule has 1 unspecified atom stereocenters. The van der Waals surface area contributed by atoms with E-state index >= 15 is 0 Å². The second kappa shape index (κ2) is 7.96. The number of benzene rings is 1. The molecule has 2 N–H and O–H groups in total. The van der Waals surface area contributed by atoms with E-state index in [9.17, 15) is 4.79 Å². The fraction of sp³-hybridized carbons (Fsp3) is 0.650. The van der Waals surface area contributed by atoms with E-state index in [1.807, 2.05) is 0 Å². The predicted molar refractivity (Wildman–Crippen MR) is 96.4 cm³/mol. The number of piperidine rings is 1. The number of hydrogen-bond donors (Lipinski definition) is 2. The molecule has 3 heteroatoms. The first-order valence-electron chi connectivity index (χ1n) is 9.02. The molecular weight excluding hydrogens is 284 g/mol. The molecule has 3 nitrogen and oxygen atoms in total. The van der Waals surface area contributed by atoms with Crippen LogP contribution in [0.5, 0.6) is 0 Å². The van der Waals surface area contributed by atoms with Crippen LogP contribution in [0.25, 0.3) is 0 Å². The van der Waals surface area contributed by atoms with Gasteiger partial charge in [-0.1, -0.05) is 52.0 Å². The van der Waals surface area contributed by atoms with Crippen LogP contribution in [0.2, 0.25) is 0 Å². The lowest BCUT2D eigenvalue weighted by atomic mass is 9.90. The Balaban J connectivity index is 2.07. The van der Waals surface area contributed by atoms with Crippen molar-refractivity contribution in [3.63, 3.8) is 0 Å². The highest BCUT2D eigenvalue weighted by molar-refractivity contribution is 5.79. The third-order valence-corrected chi connectivity index (χ3v) is 4.92. The van der Waals surface area contributed by atoms with Crippen molar-refractivity contribution < 1.29 is 4.79 Å². The maximum absolute atomic E-state index is 12.7. The Kier molecular flexibility index (Phi) is 6.23. The van der Waals surface area contributed by atoms with E-state index in [1.54, 1.807) is 0 Å². The molecule has 1 aromatic rings. The Morgan fingerprint density at radius 2 is 1.74 bits per heavy atom. The summed E-state index contributed by atoms with van der Waals surface area (Å²) >= 11 is 0. The van der Waals surface area contributed by atoms with Crippen LogP contribution in [0.4, 0.5) is 0 Å². The summed E-state index contributed by atoms with van der Waals surface area (Å²) in [5.74, 6) is 1.27. The Morgan fingerprint density at radius 1 is 1.13 bits per heavy atom. The molecule has 1 saturated heterocycles. The fourth-order valence-corrected chi connectivity index (χ4v) is 3.36. The second-order valence-corrected chi connectivity index (χ2v) is 7.63. The average Bonchev–Trinajstić information content (AvgIpc) is 2.52. The van der Waals surface area contributed by atoms with Crippen molar-refractivity contribution in [2.24, 2.45) is 11.8 Å². The van der Waals surface area contributed by atoms with Crippen LogP contribution < -0.4 is 10.6 Å². The summed E-state index contributed by atoms with van der Waals surface area (Å²) in [5, 5.41) is 6.72. The number of rotatable bonds is 5. The van der Waals surface area contributed by atoms with Gasteiger partial charge in [-0.3, -0.25) is 4.79 Å². The summed E-state index contributed by atoms with van der Waals surface area (Å²) in [5.41, 5.74) is 2.55. The van der Waals surface area contributed by atoms with Crippen molar-refractivity contribution in [2.75, 3.05) is 6.54 Å². The number of amides is 1. The quantitative estimate of drug-likeness (QED) is 0.861. The van der Waals surface area contributed by atoms with Crippen molar-refractivity contribution in [1.29, 1.82) is 0 Å². The normalized spacial score (nSPS) is 23.1. The van der Waals surface area contributed by atoms with Gasteiger partial charge >= 0.3 is 0 Å². The van der Waals surface area contributed by atoms with Crippen molar-refractivity contribution >= 4 is 5.91 Å². The Morgan fingerprint density at radius 3 is 2.26 bits per heavy atom. The van der Waals surface area contributed by atoms with Crippen LogP contribution in [0.3, 0.4) is 0 Å². The summed E-state index contributed by atoms with van der Waals surface area (Å²) in [6.45, 7) is 11.8. The van der Waals surface area contributed by atoms with Crippen molar-refractivity contribution in [3.05, 3.63) is 35.4 Å². The number of hydrogen-bond acceptors (Lipinski definition) is 2. The molecule has 0 aromatic heterocycles. The van der Waals surface area contributed by atoms with Gasteiger partial charge in [0.25, 0.3) is 0 Å². The van der Waals surface area contributed by atoms with Gasteiger partial charge in [0.1, 0.15) is 0 Å². The molecule has 0 aliphatic carbocycles. The minimum atomic E-state index is 0.0916. The minimum absolute atomic E-state index is 0.0916. The number of carbonyl (C=O) groups excluding carboxylic acids is 1. The summed E-state index contributed by atoms with van der Waals surface area (Å²) < 4.78 is 0. The third-order valence-electron chi connectivity index (χ3n) is 4.92. The first-order chi connectivity index (χ1) is 10.9. The third kappa shape index (κ3) is 4.81. The summed E-state index contributed by atoms with van der Waals surface area (Å²) in [4.78, 5) is 12.7. The molecule has 1 aliphatic heterocycles. The van der Waals surface area contributed by atoms with Gasteiger partial charge in [0.2, 0.25) is 5.91 Å². The van der Waals surface area contributed by atoms with Gasteiger partial charge in [0.05, 0.1) is 6.04 Å². The SMILES string of the molecule is CC(C)c1ccc(C(NC(=O)[C@H]2CCN[C@@H](C)C2)C(C)C)cc1. The standard InChI is InChI=1S/C20H32N2O/c1-13(2)16-6-8-17(9-7-16)19(14(3)4)22-20(23)18-10-11-21-15(5)12-18/h6-9,13-15,18-19,21H,10-12H2,1-5H3,(H,22,23)/t15-,18-,19?/m0/s1. The van der Waals surface area contributed by atoms with E-state index in [4.69, 9.17) is 0 Å². The lowest BCUT2D eigenvalue weighted by Gasteiger charge is -2.30. The molecule has 23 heavy (non-hydrogen) atoms. The number of carbonyl (C=O) groups is 1. The van der Waals surface area contributed by atoms with E-state index in [1.165, 1.54) is 11.1 Å². The zero-order valence-corrected chi connectivity index (χ0v) is 15.2. The largest absolute Gasteiger partial charge is 0.349 e. The highest BCUT2D eigenvalue weighted by Gasteiger charge is 2.27. The van der Waals surface area contributed by atoms with Crippen molar-refractivity contribution in [1.82, 2.24) is 10.6 Å². The van der Waals surface area contributed by atoms with Crippen LogP contribution in [0.15, 0.2) is 24.3 Å². The van der Waals surface area contributed by atoms with Gasteiger partial charge in [-0.05, 0) is 49.3 Å². The Bertz CT molecular complexity index is 507. The molecule has 1 aliphatic rings. The topological polar surface area (TPSA) is 41.1 Å². The molecule has 1 fully saturated rings. The zero-order valence-electron chi connectivity index (χ0n) is 15.2. The van der Waals surface area contributed by atoms with E-state index in [0.717, 1.165) is 19.4 Å². The highest BCUT2D eigenvalue weighted by atomic mass is 16.1. The highest BCUT2D eigenvalue weighted by Crippen LogP contribution is 2.26. The smallest absolute Gasteiger partial charge is 0.223 e. The molecule has 128 valence electrons. The van der Waals surface area contributed by atoms with E-state index in [0.29, 0.717) is 17.9 Å². The molecule has 1 heterocycles. The van der Waals surface area contributed by atoms with Crippen LogP contribution in [0.1, 0.15) is 70.5 Å². The molecule has 3 atom stereocenters. The van der Waals surface area contributed by atoms with Gasteiger partial charge in [-0.2, -0.15) is 0 Å².